The summed E-state index contributed by atoms with van der Waals surface area (Å²) in [4.78, 5) is 0. The molecule has 0 saturated carbocycles. The molecule has 0 amide bonds. The van der Waals surface area contributed by atoms with Crippen molar-refractivity contribution in [1.82, 2.24) is 0 Å². The number of anilines is 1. The molecule has 0 aliphatic carbocycles. The van der Waals surface area contributed by atoms with Crippen molar-refractivity contribution < 1.29 is 4.74 Å². The Kier molecular flexibility index (Phi) is 3.58. The van der Waals surface area contributed by atoms with Gasteiger partial charge in [-0.2, -0.15) is 5.26 Å². The fourth-order valence-electron chi connectivity index (χ4n) is 1.65. The maximum Gasteiger partial charge on any atom is 0.0992 e. The van der Waals surface area contributed by atoms with E-state index in [2.05, 4.69) is 17.5 Å². The smallest absolute Gasteiger partial charge is 0.0992 e. The molecule has 1 aromatic carbocycles. The predicted octanol–water partition coefficient (Wildman–Crippen LogP) is 2.32. The van der Waals surface area contributed by atoms with Crippen LogP contribution >= 0.6 is 0 Å². The minimum Gasteiger partial charge on any atom is -0.381 e. The minimum absolute atomic E-state index is 0.680. The van der Waals surface area contributed by atoms with Crippen LogP contribution in [-0.2, 0) is 4.74 Å². The number of hydrogen-bond acceptors (Lipinski definition) is 3. The highest BCUT2D eigenvalue weighted by atomic mass is 16.5. The average Bonchev–Trinajstić information content (AvgIpc) is 2.38. The van der Waals surface area contributed by atoms with Gasteiger partial charge in [0, 0.05) is 12.2 Å². The number of ether oxygens (including phenoxy) is 1. The first-order chi connectivity index (χ1) is 7.88. The van der Waals surface area contributed by atoms with E-state index in [1.54, 1.807) is 6.07 Å². The minimum atomic E-state index is 0.680. The molecular formula is C13H14N2O. The predicted molar refractivity (Wildman–Crippen MR) is 63.2 cm³/mol. The van der Waals surface area contributed by atoms with E-state index in [1.165, 1.54) is 5.57 Å². The van der Waals surface area contributed by atoms with E-state index in [4.69, 9.17) is 10.00 Å². The van der Waals surface area contributed by atoms with E-state index < -0.39 is 0 Å². The van der Waals surface area contributed by atoms with Crippen molar-refractivity contribution >= 4 is 5.69 Å². The Hall–Kier alpha value is -1.79. The van der Waals surface area contributed by atoms with E-state index in [9.17, 15) is 0 Å². The summed E-state index contributed by atoms with van der Waals surface area (Å²) in [5.41, 5.74) is 2.93. The van der Waals surface area contributed by atoms with Crippen LogP contribution in [0.2, 0.25) is 0 Å². The summed E-state index contributed by atoms with van der Waals surface area (Å²) in [5, 5.41) is 12.1. The Morgan fingerprint density at radius 3 is 3.12 bits per heavy atom. The zero-order valence-electron chi connectivity index (χ0n) is 9.07. The molecule has 0 bridgehead atoms. The molecule has 0 atom stereocenters. The maximum atomic E-state index is 8.77. The summed E-state index contributed by atoms with van der Waals surface area (Å²) in [5.74, 6) is 0. The van der Waals surface area contributed by atoms with Gasteiger partial charge in [0.15, 0.2) is 0 Å². The summed E-state index contributed by atoms with van der Waals surface area (Å²) in [6.45, 7) is 2.33. The Morgan fingerprint density at radius 2 is 2.38 bits per heavy atom. The highest BCUT2D eigenvalue weighted by molar-refractivity contribution is 5.49. The van der Waals surface area contributed by atoms with Gasteiger partial charge in [0.1, 0.15) is 0 Å². The van der Waals surface area contributed by atoms with Crippen LogP contribution in [0.3, 0.4) is 0 Å². The summed E-state index contributed by atoms with van der Waals surface area (Å²) in [6.07, 6.45) is 3.21. The van der Waals surface area contributed by atoms with E-state index in [0.717, 1.165) is 25.3 Å². The van der Waals surface area contributed by atoms with Crippen molar-refractivity contribution in [2.24, 2.45) is 0 Å². The van der Waals surface area contributed by atoms with Crippen molar-refractivity contribution in [2.75, 3.05) is 25.1 Å². The molecule has 82 valence electrons. The molecule has 1 aliphatic heterocycles. The quantitative estimate of drug-likeness (QED) is 0.785. The third-order valence-corrected chi connectivity index (χ3v) is 2.49. The van der Waals surface area contributed by atoms with Gasteiger partial charge in [-0.1, -0.05) is 12.1 Å². The highest BCUT2D eigenvalue weighted by Crippen LogP contribution is 2.12. The van der Waals surface area contributed by atoms with Gasteiger partial charge in [-0.3, -0.25) is 0 Å². The summed E-state index contributed by atoms with van der Waals surface area (Å²) < 4.78 is 5.35. The van der Waals surface area contributed by atoms with Crippen molar-refractivity contribution in [2.45, 2.75) is 6.42 Å². The van der Waals surface area contributed by atoms with Crippen LogP contribution < -0.4 is 5.32 Å². The zero-order chi connectivity index (χ0) is 11.2. The van der Waals surface area contributed by atoms with E-state index in [1.807, 2.05) is 18.2 Å². The monoisotopic (exact) mass is 214 g/mol. The lowest BCUT2D eigenvalue weighted by atomic mass is 10.2. The largest absolute Gasteiger partial charge is 0.381 e. The Bertz CT molecular complexity index is 432. The normalized spacial score (nSPS) is 15.1. The summed E-state index contributed by atoms with van der Waals surface area (Å²) >= 11 is 0. The Balaban J connectivity index is 1.94. The number of rotatable bonds is 3. The van der Waals surface area contributed by atoms with Crippen molar-refractivity contribution in [3.8, 4) is 6.07 Å². The van der Waals surface area contributed by atoms with E-state index >= 15 is 0 Å². The first-order valence-corrected chi connectivity index (χ1v) is 5.38. The molecule has 1 N–H and O–H groups in total. The Labute approximate surface area is 95.3 Å². The highest BCUT2D eigenvalue weighted by Gasteiger charge is 2.03. The van der Waals surface area contributed by atoms with Crippen molar-refractivity contribution in [3.05, 3.63) is 41.5 Å². The zero-order valence-corrected chi connectivity index (χ0v) is 9.07. The van der Waals surface area contributed by atoms with Gasteiger partial charge in [0.2, 0.25) is 0 Å². The average molecular weight is 214 g/mol. The maximum absolute atomic E-state index is 8.77. The second kappa shape index (κ2) is 5.34. The lowest BCUT2D eigenvalue weighted by Gasteiger charge is -2.14. The second-order valence-electron chi connectivity index (χ2n) is 3.75. The first-order valence-electron chi connectivity index (χ1n) is 5.38. The molecule has 2 rings (SSSR count). The van der Waals surface area contributed by atoms with Gasteiger partial charge in [-0.05, 0) is 30.2 Å². The third-order valence-electron chi connectivity index (χ3n) is 2.49. The van der Waals surface area contributed by atoms with E-state index in [0.29, 0.717) is 12.2 Å². The standard InChI is InChI=1S/C13H14N2O/c14-8-11-3-1-5-13(7-11)15-9-12-4-2-6-16-10-12/h1,3-5,7,15H,2,6,9-10H2. The van der Waals surface area contributed by atoms with Crippen LogP contribution in [0.25, 0.3) is 0 Å². The van der Waals surface area contributed by atoms with Crippen molar-refractivity contribution in [1.29, 1.82) is 5.26 Å². The van der Waals surface area contributed by atoms with Crippen LogP contribution in [-0.4, -0.2) is 19.8 Å². The number of nitriles is 1. The SMILES string of the molecule is N#Cc1cccc(NCC2=CCCOC2)c1. The van der Waals surface area contributed by atoms with Gasteiger partial charge in [-0.25, -0.2) is 0 Å². The first kappa shape index (κ1) is 10.7. The molecule has 0 radical (unpaired) electrons. The molecule has 0 unspecified atom stereocenters. The fraction of sp³-hybridized carbons (Fsp3) is 0.308. The van der Waals surface area contributed by atoms with Gasteiger partial charge in [0.25, 0.3) is 0 Å². The molecule has 0 aromatic heterocycles. The van der Waals surface area contributed by atoms with E-state index in [-0.39, 0.29) is 0 Å². The summed E-state index contributed by atoms with van der Waals surface area (Å²) in [6, 6.07) is 9.62. The van der Waals surface area contributed by atoms with Crippen LogP contribution in [0, 0.1) is 11.3 Å². The number of hydrogen-bond donors (Lipinski definition) is 1. The number of benzene rings is 1. The van der Waals surface area contributed by atoms with Gasteiger partial charge >= 0.3 is 0 Å². The molecule has 0 saturated heterocycles. The Morgan fingerprint density at radius 1 is 1.44 bits per heavy atom. The molecule has 1 heterocycles. The van der Waals surface area contributed by atoms with Gasteiger partial charge in [0.05, 0.1) is 24.8 Å². The molecule has 0 fully saturated rings. The van der Waals surface area contributed by atoms with Crippen molar-refractivity contribution in [3.63, 3.8) is 0 Å². The number of nitrogens with zero attached hydrogens (tertiary/aromatic N) is 1. The summed E-state index contributed by atoms with van der Waals surface area (Å²) in [7, 11) is 0. The molecule has 1 aromatic rings. The fourth-order valence-corrected chi connectivity index (χ4v) is 1.65. The molecule has 0 spiro atoms. The third kappa shape index (κ3) is 2.85. The molecule has 3 nitrogen and oxygen atoms in total. The second-order valence-corrected chi connectivity index (χ2v) is 3.75. The van der Waals surface area contributed by atoms with Crippen LogP contribution in [0.5, 0.6) is 0 Å². The lowest BCUT2D eigenvalue weighted by molar-refractivity contribution is 0.150. The topological polar surface area (TPSA) is 45.0 Å². The molecule has 16 heavy (non-hydrogen) atoms. The number of nitrogens with one attached hydrogen (secondary N) is 1. The van der Waals surface area contributed by atoms with Gasteiger partial charge < -0.3 is 10.1 Å². The van der Waals surface area contributed by atoms with Crippen LogP contribution in [0.1, 0.15) is 12.0 Å². The van der Waals surface area contributed by atoms with Crippen LogP contribution in [0.4, 0.5) is 5.69 Å². The molecular weight excluding hydrogens is 200 g/mol. The lowest BCUT2D eigenvalue weighted by Crippen LogP contribution is -2.13. The molecule has 3 heteroatoms. The molecule has 1 aliphatic rings. The van der Waals surface area contributed by atoms with Crippen LogP contribution in [0.15, 0.2) is 35.9 Å². The van der Waals surface area contributed by atoms with Gasteiger partial charge in [-0.15, -0.1) is 0 Å².